The number of fused-ring (bicyclic) bond motifs is 1. The minimum Gasteiger partial charge on any atom is -0.489 e. The van der Waals surface area contributed by atoms with Gasteiger partial charge in [-0.2, -0.15) is 31.4 Å². The SMILES string of the molecule is Fc1cc(Cl)ccc1Cn1nc2c(C(F)(F)F)cccc2c1-c1cccc(OCc2cc(Cl)ccc2C(F)(F)F)c1. The van der Waals surface area contributed by atoms with E-state index in [2.05, 4.69) is 5.10 Å². The van der Waals surface area contributed by atoms with Gasteiger partial charge in [-0.25, -0.2) is 4.39 Å². The van der Waals surface area contributed by atoms with Crippen LogP contribution in [0.2, 0.25) is 10.0 Å². The van der Waals surface area contributed by atoms with E-state index in [1.807, 2.05) is 0 Å². The quantitative estimate of drug-likeness (QED) is 0.178. The van der Waals surface area contributed by atoms with E-state index in [1.165, 1.54) is 47.1 Å². The van der Waals surface area contributed by atoms with Gasteiger partial charge < -0.3 is 4.74 Å². The lowest BCUT2D eigenvalue weighted by Gasteiger charge is -2.15. The molecule has 0 saturated heterocycles. The molecule has 0 spiro atoms. The molecule has 5 aromatic rings. The molecule has 0 unspecified atom stereocenters. The Morgan fingerprint density at radius 3 is 2.12 bits per heavy atom. The number of ether oxygens (including phenoxy) is 1. The third-order valence-corrected chi connectivity index (χ3v) is 6.76. The summed E-state index contributed by atoms with van der Waals surface area (Å²) in [5.74, 6) is -0.528. The Hall–Kier alpha value is -3.76. The summed E-state index contributed by atoms with van der Waals surface area (Å²) in [6.07, 6.45) is -9.34. The molecule has 0 radical (unpaired) electrons. The van der Waals surface area contributed by atoms with Gasteiger partial charge in [0.05, 0.1) is 23.4 Å². The number of nitrogens with zero attached hydrogens (tertiary/aromatic N) is 2. The van der Waals surface area contributed by atoms with Crippen molar-refractivity contribution < 1.29 is 35.5 Å². The standard InChI is InChI=1S/C29H17Cl2F7N2O/c30-19-9-10-23(28(33,34)35)18(11-19)15-41-21-4-1-3-16(12-21)27-22-5-2-6-24(29(36,37)38)26(22)39-40(27)14-17-7-8-20(31)13-25(17)32/h1-13H,14-15H2. The summed E-state index contributed by atoms with van der Waals surface area (Å²) in [4.78, 5) is 0. The van der Waals surface area contributed by atoms with E-state index in [1.54, 1.807) is 6.07 Å². The highest BCUT2D eigenvalue weighted by Gasteiger charge is 2.35. The highest BCUT2D eigenvalue weighted by molar-refractivity contribution is 6.30. The first-order chi connectivity index (χ1) is 19.3. The lowest BCUT2D eigenvalue weighted by molar-refractivity contribution is -0.138. The first-order valence-electron chi connectivity index (χ1n) is 11.9. The van der Waals surface area contributed by atoms with E-state index < -0.39 is 35.9 Å². The summed E-state index contributed by atoms with van der Waals surface area (Å²) >= 11 is 11.7. The topological polar surface area (TPSA) is 27.1 Å². The fourth-order valence-corrected chi connectivity index (χ4v) is 4.82. The summed E-state index contributed by atoms with van der Waals surface area (Å²) in [6, 6.07) is 16.7. The van der Waals surface area contributed by atoms with E-state index in [4.69, 9.17) is 27.9 Å². The van der Waals surface area contributed by atoms with Crippen LogP contribution >= 0.6 is 23.2 Å². The first kappa shape index (κ1) is 28.8. The zero-order chi connectivity index (χ0) is 29.5. The molecule has 5 rings (SSSR count). The van der Waals surface area contributed by atoms with Crippen LogP contribution in [-0.4, -0.2) is 9.78 Å². The van der Waals surface area contributed by atoms with Gasteiger partial charge in [0.15, 0.2) is 0 Å². The normalized spacial score (nSPS) is 12.2. The van der Waals surface area contributed by atoms with Crippen molar-refractivity contribution in [3.8, 4) is 17.0 Å². The van der Waals surface area contributed by atoms with Gasteiger partial charge in [0.25, 0.3) is 0 Å². The average molecular weight is 613 g/mol. The summed E-state index contributed by atoms with van der Waals surface area (Å²) in [5, 5.41) is 4.58. The van der Waals surface area contributed by atoms with Crippen LogP contribution in [-0.2, 0) is 25.5 Å². The van der Waals surface area contributed by atoms with Crippen molar-refractivity contribution in [2.45, 2.75) is 25.5 Å². The molecule has 0 N–H and O–H groups in total. The summed E-state index contributed by atoms with van der Waals surface area (Å²) < 4.78 is 103. The maximum atomic E-state index is 14.6. The predicted molar refractivity (Wildman–Crippen MR) is 141 cm³/mol. The van der Waals surface area contributed by atoms with Gasteiger partial charge in [0, 0.05) is 32.1 Å². The highest BCUT2D eigenvalue weighted by atomic mass is 35.5. The third-order valence-electron chi connectivity index (χ3n) is 6.29. The van der Waals surface area contributed by atoms with Crippen molar-refractivity contribution >= 4 is 34.1 Å². The molecular weight excluding hydrogens is 596 g/mol. The van der Waals surface area contributed by atoms with Crippen molar-refractivity contribution in [3.05, 3.63) is 117 Å². The van der Waals surface area contributed by atoms with E-state index >= 15 is 0 Å². The third kappa shape index (κ3) is 6.13. The highest BCUT2D eigenvalue weighted by Crippen LogP contribution is 2.39. The smallest absolute Gasteiger partial charge is 0.418 e. The molecule has 12 heteroatoms. The zero-order valence-corrected chi connectivity index (χ0v) is 22.1. The Labute approximate surface area is 238 Å². The Bertz CT molecular complexity index is 1750. The van der Waals surface area contributed by atoms with Gasteiger partial charge in [-0.15, -0.1) is 0 Å². The second-order valence-electron chi connectivity index (χ2n) is 9.06. The maximum Gasteiger partial charge on any atom is 0.418 e. The number of hydrogen-bond donors (Lipinski definition) is 0. The van der Waals surface area contributed by atoms with Crippen LogP contribution in [0.25, 0.3) is 22.2 Å². The van der Waals surface area contributed by atoms with Crippen LogP contribution in [0, 0.1) is 5.82 Å². The summed E-state index contributed by atoms with van der Waals surface area (Å²) in [5.41, 5.74) is -1.72. The van der Waals surface area contributed by atoms with Crippen LogP contribution in [0.3, 0.4) is 0 Å². The van der Waals surface area contributed by atoms with Crippen molar-refractivity contribution in [2.75, 3.05) is 0 Å². The first-order valence-corrected chi connectivity index (χ1v) is 12.7. The molecule has 0 fully saturated rings. The van der Waals surface area contributed by atoms with Crippen molar-refractivity contribution in [3.63, 3.8) is 0 Å². The van der Waals surface area contributed by atoms with Gasteiger partial charge in [-0.05, 0) is 48.5 Å². The molecule has 41 heavy (non-hydrogen) atoms. The molecule has 1 aromatic heterocycles. The molecular formula is C29H17Cl2F7N2O. The van der Waals surface area contributed by atoms with Crippen LogP contribution in [0.1, 0.15) is 22.3 Å². The maximum absolute atomic E-state index is 14.6. The lowest BCUT2D eigenvalue weighted by atomic mass is 10.0. The lowest BCUT2D eigenvalue weighted by Crippen LogP contribution is -2.11. The molecule has 212 valence electrons. The van der Waals surface area contributed by atoms with Crippen LogP contribution in [0.15, 0.2) is 78.9 Å². The zero-order valence-electron chi connectivity index (χ0n) is 20.6. The van der Waals surface area contributed by atoms with Crippen LogP contribution in [0.5, 0.6) is 5.75 Å². The van der Waals surface area contributed by atoms with Gasteiger partial charge in [0.2, 0.25) is 0 Å². The van der Waals surface area contributed by atoms with E-state index in [-0.39, 0.29) is 50.1 Å². The number of hydrogen-bond acceptors (Lipinski definition) is 2. The van der Waals surface area contributed by atoms with Crippen molar-refractivity contribution in [2.24, 2.45) is 0 Å². The molecule has 3 nitrogen and oxygen atoms in total. The average Bonchev–Trinajstić information content (AvgIpc) is 3.26. The molecule has 4 aromatic carbocycles. The van der Waals surface area contributed by atoms with Gasteiger partial charge in [-0.1, -0.05) is 53.5 Å². The number of aromatic nitrogens is 2. The molecule has 0 aliphatic heterocycles. The molecule has 1 heterocycles. The van der Waals surface area contributed by atoms with Crippen molar-refractivity contribution in [1.29, 1.82) is 0 Å². The fraction of sp³-hybridized carbons (Fsp3) is 0.138. The van der Waals surface area contributed by atoms with Crippen molar-refractivity contribution in [1.82, 2.24) is 9.78 Å². The van der Waals surface area contributed by atoms with Gasteiger partial charge >= 0.3 is 12.4 Å². The fourth-order valence-electron chi connectivity index (χ4n) is 4.46. The molecule has 0 atom stereocenters. The minimum absolute atomic E-state index is 0.0932. The Balaban J connectivity index is 1.58. The van der Waals surface area contributed by atoms with Crippen LogP contribution < -0.4 is 4.74 Å². The Morgan fingerprint density at radius 2 is 1.41 bits per heavy atom. The molecule has 0 saturated carbocycles. The van der Waals surface area contributed by atoms with Gasteiger partial charge in [-0.3, -0.25) is 4.68 Å². The van der Waals surface area contributed by atoms with Gasteiger partial charge in [0.1, 0.15) is 23.7 Å². The summed E-state index contributed by atoms with van der Waals surface area (Å²) in [6.45, 7) is -0.708. The largest absolute Gasteiger partial charge is 0.489 e. The van der Waals surface area contributed by atoms with E-state index in [0.29, 0.717) is 5.56 Å². The van der Waals surface area contributed by atoms with Crippen LogP contribution in [0.4, 0.5) is 30.7 Å². The molecule has 0 aliphatic carbocycles. The Morgan fingerprint density at radius 1 is 0.732 bits per heavy atom. The number of rotatable bonds is 6. The summed E-state index contributed by atoms with van der Waals surface area (Å²) in [7, 11) is 0. The number of halogens is 9. The predicted octanol–water partition coefficient (Wildman–Crippen LogP) is 9.81. The number of alkyl halides is 6. The minimum atomic E-state index is -4.71. The second-order valence-corrected chi connectivity index (χ2v) is 9.93. The molecule has 0 bridgehead atoms. The Kier molecular flexibility index (Phi) is 7.65. The molecule has 0 aliphatic rings. The second kappa shape index (κ2) is 10.9. The van der Waals surface area contributed by atoms with E-state index in [9.17, 15) is 30.7 Å². The monoisotopic (exact) mass is 612 g/mol. The number of benzene rings is 4. The van der Waals surface area contributed by atoms with E-state index in [0.717, 1.165) is 30.3 Å². The molecule has 0 amide bonds.